The topological polar surface area (TPSA) is 24.7 Å². The van der Waals surface area contributed by atoms with Crippen molar-refractivity contribution < 1.29 is 13.2 Å². The summed E-state index contributed by atoms with van der Waals surface area (Å²) in [6.07, 6.45) is -2.19. The highest BCUT2D eigenvalue weighted by Crippen LogP contribution is 2.24. The van der Waals surface area contributed by atoms with Gasteiger partial charge in [-0.15, -0.1) is 0 Å². The van der Waals surface area contributed by atoms with Crippen LogP contribution in [-0.4, -0.2) is 18.9 Å². The van der Waals surface area contributed by atoms with Gasteiger partial charge in [-0.1, -0.05) is 54.1 Å². The summed E-state index contributed by atoms with van der Waals surface area (Å²) in [5.41, 5.74) is 2.70. The van der Waals surface area contributed by atoms with Gasteiger partial charge in [-0.3, -0.25) is 0 Å². The number of benzene rings is 2. The molecule has 1 unspecified atom stereocenters. The number of halogens is 3. The molecule has 0 fully saturated rings. The lowest BCUT2D eigenvalue weighted by molar-refractivity contribution is 0.0496. The van der Waals surface area contributed by atoms with E-state index < -0.39 is 12.6 Å². The van der Waals surface area contributed by atoms with Gasteiger partial charge in [-0.25, -0.2) is 13.2 Å². The molecule has 0 aliphatic carbocycles. The van der Waals surface area contributed by atoms with Crippen molar-refractivity contribution >= 4 is 12.4 Å². The van der Waals surface area contributed by atoms with E-state index in [1.807, 2.05) is 31.2 Å². The summed E-state index contributed by atoms with van der Waals surface area (Å²) in [4.78, 5) is 0. The summed E-state index contributed by atoms with van der Waals surface area (Å²) in [5.74, 6) is 0. The van der Waals surface area contributed by atoms with Gasteiger partial charge in [-0.05, 0) is 23.6 Å². The van der Waals surface area contributed by atoms with Gasteiger partial charge in [0.25, 0.3) is 6.43 Å². The van der Waals surface area contributed by atoms with E-state index in [2.05, 4.69) is 10.2 Å². The molecule has 5 heteroatoms. The number of aryl methyl sites for hydroxylation is 1. The van der Waals surface area contributed by atoms with Gasteiger partial charge < -0.3 is 0 Å². The molecule has 114 valence electrons. The van der Waals surface area contributed by atoms with E-state index in [9.17, 15) is 13.2 Å². The van der Waals surface area contributed by atoms with E-state index in [1.165, 1.54) is 30.5 Å². The molecule has 0 aromatic heterocycles. The van der Waals surface area contributed by atoms with E-state index in [4.69, 9.17) is 0 Å². The summed E-state index contributed by atoms with van der Waals surface area (Å²) in [6, 6.07) is 13.5. The first-order valence-electron chi connectivity index (χ1n) is 6.71. The molecule has 0 aliphatic heterocycles. The molecule has 2 rings (SSSR count). The number of nitrogens with zero attached hydrogens (tertiary/aromatic N) is 2. The minimum absolute atomic E-state index is 0.0460. The predicted octanol–water partition coefficient (Wildman–Crippen LogP) is 4.72. The standard InChI is InChI=1S/C17H15F3N2/c1-12-2-4-13(5-3-12)10-21-22-11-14-6-8-15(9-7-14)16(18)17(19)20/h2-11,16-17H,1H3. The lowest BCUT2D eigenvalue weighted by atomic mass is 10.1. The smallest absolute Gasteiger partial charge is 0.236 e. The molecule has 2 aromatic carbocycles. The van der Waals surface area contributed by atoms with Gasteiger partial charge in [0.05, 0.1) is 12.4 Å². The zero-order valence-corrected chi connectivity index (χ0v) is 12.0. The van der Waals surface area contributed by atoms with Crippen LogP contribution >= 0.6 is 0 Å². The predicted molar refractivity (Wildman–Crippen MR) is 82.7 cm³/mol. The number of hydrogen-bond acceptors (Lipinski definition) is 2. The van der Waals surface area contributed by atoms with Gasteiger partial charge in [0.1, 0.15) is 0 Å². The van der Waals surface area contributed by atoms with E-state index >= 15 is 0 Å². The van der Waals surface area contributed by atoms with Crippen LogP contribution in [-0.2, 0) is 0 Å². The third-order valence-corrected chi connectivity index (χ3v) is 3.03. The average Bonchev–Trinajstić information content (AvgIpc) is 2.53. The molecule has 2 nitrogen and oxygen atoms in total. The van der Waals surface area contributed by atoms with Crippen LogP contribution in [0.15, 0.2) is 58.7 Å². The molecular formula is C17H15F3N2. The average molecular weight is 304 g/mol. The second-order valence-electron chi connectivity index (χ2n) is 4.80. The Kier molecular flexibility index (Phi) is 5.47. The summed E-state index contributed by atoms with van der Waals surface area (Å²) in [6.45, 7) is 2.00. The van der Waals surface area contributed by atoms with E-state index in [0.29, 0.717) is 5.56 Å². The highest BCUT2D eigenvalue weighted by molar-refractivity contribution is 5.82. The summed E-state index contributed by atoms with van der Waals surface area (Å²) >= 11 is 0. The Morgan fingerprint density at radius 3 is 1.68 bits per heavy atom. The molecule has 2 aromatic rings. The fourth-order valence-corrected chi connectivity index (χ4v) is 1.76. The van der Waals surface area contributed by atoms with E-state index in [0.717, 1.165) is 11.1 Å². The van der Waals surface area contributed by atoms with E-state index in [-0.39, 0.29) is 5.56 Å². The maximum Gasteiger partial charge on any atom is 0.273 e. The van der Waals surface area contributed by atoms with Crippen molar-refractivity contribution in [2.45, 2.75) is 19.5 Å². The quantitative estimate of drug-likeness (QED) is 0.564. The molecule has 0 bridgehead atoms. The Morgan fingerprint density at radius 2 is 1.23 bits per heavy atom. The van der Waals surface area contributed by atoms with Crippen LogP contribution in [0.4, 0.5) is 13.2 Å². The lowest BCUT2D eigenvalue weighted by Gasteiger charge is -2.06. The molecule has 0 radical (unpaired) electrons. The molecule has 0 N–H and O–H groups in total. The molecule has 0 saturated carbocycles. The van der Waals surface area contributed by atoms with Crippen molar-refractivity contribution in [1.82, 2.24) is 0 Å². The molecule has 0 aliphatic rings. The molecule has 1 atom stereocenters. The van der Waals surface area contributed by atoms with Crippen molar-refractivity contribution in [3.8, 4) is 0 Å². The van der Waals surface area contributed by atoms with Crippen LogP contribution in [0.2, 0.25) is 0 Å². The van der Waals surface area contributed by atoms with Gasteiger partial charge >= 0.3 is 0 Å². The van der Waals surface area contributed by atoms with Crippen molar-refractivity contribution in [2.75, 3.05) is 0 Å². The zero-order chi connectivity index (χ0) is 15.9. The Hall–Kier alpha value is -2.43. The Balaban J connectivity index is 1.97. The monoisotopic (exact) mass is 304 g/mol. The van der Waals surface area contributed by atoms with Crippen LogP contribution in [0.3, 0.4) is 0 Å². The van der Waals surface area contributed by atoms with Gasteiger partial charge in [0.2, 0.25) is 0 Å². The zero-order valence-electron chi connectivity index (χ0n) is 12.0. The highest BCUT2D eigenvalue weighted by Gasteiger charge is 2.20. The summed E-state index contributed by atoms with van der Waals surface area (Å²) in [7, 11) is 0. The Morgan fingerprint density at radius 1 is 0.773 bits per heavy atom. The first-order chi connectivity index (χ1) is 10.6. The van der Waals surface area contributed by atoms with E-state index in [1.54, 1.807) is 6.21 Å². The fraction of sp³-hybridized carbons (Fsp3) is 0.176. The Labute approximate surface area is 127 Å². The van der Waals surface area contributed by atoms with Crippen LogP contribution < -0.4 is 0 Å². The molecule has 0 heterocycles. The molecule has 0 spiro atoms. The van der Waals surface area contributed by atoms with Gasteiger partial charge in [0, 0.05) is 0 Å². The summed E-state index contributed by atoms with van der Waals surface area (Å²) in [5, 5.41) is 7.77. The largest absolute Gasteiger partial charge is 0.273 e. The minimum atomic E-state index is -3.02. The van der Waals surface area contributed by atoms with Gasteiger partial charge in [0.15, 0.2) is 6.17 Å². The number of rotatable bonds is 5. The maximum absolute atomic E-state index is 13.1. The second kappa shape index (κ2) is 7.54. The normalized spacial score (nSPS) is 13.3. The first-order valence-corrected chi connectivity index (χ1v) is 6.71. The SMILES string of the molecule is Cc1ccc(C=NN=Cc2ccc(C(F)C(F)F)cc2)cc1. The maximum atomic E-state index is 13.1. The van der Waals surface area contributed by atoms with Crippen LogP contribution in [0.25, 0.3) is 0 Å². The molecular weight excluding hydrogens is 289 g/mol. The molecule has 22 heavy (non-hydrogen) atoms. The Bertz CT molecular complexity index is 647. The highest BCUT2D eigenvalue weighted by atomic mass is 19.3. The third-order valence-electron chi connectivity index (χ3n) is 3.03. The fourth-order valence-electron chi connectivity index (χ4n) is 1.76. The summed E-state index contributed by atoms with van der Waals surface area (Å²) < 4.78 is 37.6. The van der Waals surface area contributed by atoms with Crippen molar-refractivity contribution in [2.24, 2.45) is 10.2 Å². The van der Waals surface area contributed by atoms with Crippen LogP contribution in [0.5, 0.6) is 0 Å². The third kappa shape index (κ3) is 4.55. The van der Waals surface area contributed by atoms with Crippen molar-refractivity contribution in [3.05, 3.63) is 70.8 Å². The van der Waals surface area contributed by atoms with Crippen molar-refractivity contribution in [3.63, 3.8) is 0 Å². The second-order valence-corrected chi connectivity index (χ2v) is 4.80. The lowest BCUT2D eigenvalue weighted by Crippen LogP contribution is -2.02. The number of alkyl halides is 3. The molecule has 0 saturated heterocycles. The molecule has 0 amide bonds. The number of hydrogen-bond donors (Lipinski definition) is 0. The minimum Gasteiger partial charge on any atom is -0.236 e. The first kappa shape index (κ1) is 15.9. The van der Waals surface area contributed by atoms with Gasteiger partial charge in [-0.2, -0.15) is 10.2 Å². The van der Waals surface area contributed by atoms with Crippen molar-refractivity contribution in [1.29, 1.82) is 0 Å². The van der Waals surface area contributed by atoms with Crippen LogP contribution in [0, 0.1) is 6.92 Å². The van der Waals surface area contributed by atoms with Crippen LogP contribution in [0.1, 0.15) is 28.4 Å².